The van der Waals surface area contributed by atoms with Crippen molar-refractivity contribution in [2.75, 3.05) is 5.32 Å². The molecule has 0 saturated heterocycles. The average molecular weight is 275 g/mol. The molecule has 0 radical (unpaired) electrons. The third-order valence-electron chi connectivity index (χ3n) is 3.03. The first kappa shape index (κ1) is 14.2. The highest BCUT2D eigenvalue weighted by molar-refractivity contribution is 6.04. The van der Waals surface area contributed by atoms with Gasteiger partial charge >= 0.3 is 0 Å². The summed E-state index contributed by atoms with van der Waals surface area (Å²) in [5, 5.41) is 2.55. The first-order valence-corrected chi connectivity index (χ1v) is 6.34. The zero-order chi connectivity index (χ0) is 14.7. The smallest absolute Gasteiger partial charge is 0.258 e. The fraction of sp³-hybridized carbons (Fsp3) is 0.188. The molecule has 2 aromatic carbocycles. The summed E-state index contributed by atoms with van der Waals surface area (Å²) in [7, 11) is 0. The lowest BCUT2D eigenvalue weighted by Gasteiger charge is -2.09. The van der Waals surface area contributed by atoms with Crippen molar-refractivity contribution in [2.24, 2.45) is 0 Å². The molecule has 0 aliphatic rings. The Labute approximate surface area is 116 Å². The van der Waals surface area contributed by atoms with E-state index in [0.29, 0.717) is 11.6 Å². The van der Waals surface area contributed by atoms with Gasteiger partial charge in [0, 0.05) is 5.69 Å². The van der Waals surface area contributed by atoms with E-state index >= 15 is 0 Å². The Morgan fingerprint density at radius 2 is 1.70 bits per heavy atom. The predicted molar refractivity (Wildman–Crippen MR) is 74.8 cm³/mol. The van der Waals surface area contributed by atoms with Gasteiger partial charge in [-0.05, 0) is 35.7 Å². The fourth-order valence-electron chi connectivity index (χ4n) is 1.83. The summed E-state index contributed by atoms with van der Waals surface area (Å²) in [6, 6.07) is 10.8. The van der Waals surface area contributed by atoms with Crippen LogP contribution in [0.1, 0.15) is 35.7 Å². The van der Waals surface area contributed by atoms with E-state index in [1.807, 2.05) is 12.1 Å². The monoisotopic (exact) mass is 275 g/mol. The Morgan fingerprint density at radius 3 is 2.30 bits per heavy atom. The molecule has 0 heterocycles. The normalized spacial score (nSPS) is 10.7. The van der Waals surface area contributed by atoms with Crippen LogP contribution in [0.4, 0.5) is 14.5 Å². The van der Waals surface area contributed by atoms with Gasteiger partial charge in [0.15, 0.2) is 11.6 Å². The van der Waals surface area contributed by atoms with E-state index in [4.69, 9.17) is 0 Å². The van der Waals surface area contributed by atoms with Crippen molar-refractivity contribution in [2.45, 2.75) is 19.8 Å². The molecule has 0 saturated carbocycles. The lowest BCUT2D eigenvalue weighted by Crippen LogP contribution is -2.14. The van der Waals surface area contributed by atoms with E-state index in [2.05, 4.69) is 19.2 Å². The number of carbonyl (C=O) groups excluding carboxylic acids is 1. The predicted octanol–water partition coefficient (Wildman–Crippen LogP) is 4.34. The van der Waals surface area contributed by atoms with Crippen molar-refractivity contribution >= 4 is 11.6 Å². The number of rotatable bonds is 3. The number of hydrogen-bond acceptors (Lipinski definition) is 1. The van der Waals surface area contributed by atoms with E-state index in [-0.39, 0.29) is 5.56 Å². The van der Waals surface area contributed by atoms with Crippen LogP contribution in [0, 0.1) is 11.6 Å². The topological polar surface area (TPSA) is 29.1 Å². The van der Waals surface area contributed by atoms with Crippen LogP contribution in [0.25, 0.3) is 0 Å². The lowest BCUT2D eigenvalue weighted by molar-refractivity contribution is 0.102. The van der Waals surface area contributed by atoms with Gasteiger partial charge in [-0.3, -0.25) is 4.79 Å². The Kier molecular flexibility index (Phi) is 4.13. The van der Waals surface area contributed by atoms with Gasteiger partial charge in [0.1, 0.15) is 0 Å². The molecule has 0 aliphatic carbocycles. The number of benzene rings is 2. The van der Waals surface area contributed by atoms with Crippen LogP contribution in [0.3, 0.4) is 0 Å². The van der Waals surface area contributed by atoms with Crippen LogP contribution in [-0.2, 0) is 0 Å². The third kappa shape index (κ3) is 3.02. The van der Waals surface area contributed by atoms with Crippen molar-refractivity contribution in [3.8, 4) is 0 Å². The molecule has 0 unspecified atom stereocenters. The highest BCUT2D eigenvalue weighted by atomic mass is 19.2. The van der Waals surface area contributed by atoms with E-state index in [1.165, 1.54) is 12.1 Å². The average Bonchev–Trinajstić information content (AvgIpc) is 2.42. The second kappa shape index (κ2) is 5.82. The molecular weight excluding hydrogens is 260 g/mol. The molecule has 0 fully saturated rings. The van der Waals surface area contributed by atoms with Gasteiger partial charge in [-0.25, -0.2) is 8.78 Å². The highest BCUT2D eigenvalue weighted by Crippen LogP contribution is 2.18. The number of carbonyl (C=O) groups is 1. The van der Waals surface area contributed by atoms with Crippen LogP contribution in [0.5, 0.6) is 0 Å². The molecule has 0 aromatic heterocycles. The van der Waals surface area contributed by atoms with Gasteiger partial charge in [-0.1, -0.05) is 32.0 Å². The van der Waals surface area contributed by atoms with Crippen molar-refractivity contribution in [1.29, 1.82) is 0 Å². The molecule has 0 bridgehead atoms. The highest BCUT2D eigenvalue weighted by Gasteiger charge is 2.15. The quantitative estimate of drug-likeness (QED) is 0.887. The minimum atomic E-state index is -1.14. The van der Waals surface area contributed by atoms with Crippen LogP contribution < -0.4 is 5.32 Å². The molecule has 0 spiro atoms. The maximum absolute atomic E-state index is 13.5. The first-order chi connectivity index (χ1) is 9.49. The minimum absolute atomic E-state index is 0.307. The Bertz CT molecular complexity index is 621. The first-order valence-electron chi connectivity index (χ1n) is 6.34. The lowest BCUT2D eigenvalue weighted by atomic mass is 10.0. The fourth-order valence-corrected chi connectivity index (χ4v) is 1.83. The summed E-state index contributed by atoms with van der Waals surface area (Å²) in [5.74, 6) is -2.45. The summed E-state index contributed by atoms with van der Waals surface area (Å²) in [5.41, 5.74) is 1.38. The van der Waals surface area contributed by atoms with Crippen molar-refractivity contribution in [1.82, 2.24) is 0 Å². The van der Waals surface area contributed by atoms with Crippen molar-refractivity contribution < 1.29 is 13.6 Å². The van der Waals surface area contributed by atoms with Gasteiger partial charge in [0.05, 0.1) is 5.56 Å². The SMILES string of the molecule is CC(C)c1ccc(NC(=O)c2cccc(F)c2F)cc1. The van der Waals surface area contributed by atoms with Crippen molar-refractivity contribution in [3.05, 3.63) is 65.2 Å². The number of halogens is 2. The molecule has 1 amide bonds. The summed E-state index contributed by atoms with van der Waals surface area (Å²) in [4.78, 5) is 11.9. The van der Waals surface area contributed by atoms with E-state index in [0.717, 1.165) is 11.6 Å². The maximum Gasteiger partial charge on any atom is 0.258 e. The van der Waals surface area contributed by atoms with E-state index < -0.39 is 17.5 Å². The summed E-state index contributed by atoms with van der Waals surface area (Å²) in [6.07, 6.45) is 0. The Balaban J connectivity index is 2.17. The van der Waals surface area contributed by atoms with Crippen LogP contribution >= 0.6 is 0 Å². The van der Waals surface area contributed by atoms with Gasteiger partial charge in [-0.2, -0.15) is 0 Å². The number of amides is 1. The van der Waals surface area contributed by atoms with Crippen LogP contribution in [0.15, 0.2) is 42.5 Å². The molecule has 104 valence electrons. The molecule has 1 N–H and O–H groups in total. The molecule has 0 aliphatic heterocycles. The van der Waals surface area contributed by atoms with Gasteiger partial charge < -0.3 is 5.32 Å². The number of hydrogen-bond donors (Lipinski definition) is 1. The van der Waals surface area contributed by atoms with Crippen LogP contribution in [0.2, 0.25) is 0 Å². The molecule has 2 nitrogen and oxygen atoms in total. The molecule has 0 atom stereocenters. The van der Waals surface area contributed by atoms with Gasteiger partial charge in [0.2, 0.25) is 0 Å². The second-order valence-electron chi connectivity index (χ2n) is 4.83. The number of anilines is 1. The second-order valence-corrected chi connectivity index (χ2v) is 4.83. The molecule has 2 rings (SSSR count). The standard InChI is InChI=1S/C16H15F2NO/c1-10(2)11-6-8-12(9-7-11)19-16(20)13-4-3-5-14(17)15(13)18/h3-10H,1-2H3,(H,19,20). The van der Waals surface area contributed by atoms with Crippen molar-refractivity contribution in [3.63, 3.8) is 0 Å². The zero-order valence-corrected chi connectivity index (χ0v) is 11.3. The minimum Gasteiger partial charge on any atom is -0.322 e. The molecule has 20 heavy (non-hydrogen) atoms. The molecular formula is C16H15F2NO. The summed E-state index contributed by atoms with van der Waals surface area (Å²) in [6.45, 7) is 4.13. The number of nitrogens with one attached hydrogen (secondary N) is 1. The molecule has 2 aromatic rings. The van der Waals surface area contributed by atoms with Crippen LogP contribution in [-0.4, -0.2) is 5.91 Å². The summed E-state index contributed by atoms with van der Waals surface area (Å²) >= 11 is 0. The van der Waals surface area contributed by atoms with Gasteiger partial charge in [-0.15, -0.1) is 0 Å². The van der Waals surface area contributed by atoms with E-state index in [1.54, 1.807) is 12.1 Å². The van der Waals surface area contributed by atoms with Gasteiger partial charge in [0.25, 0.3) is 5.91 Å². The summed E-state index contributed by atoms with van der Waals surface area (Å²) < 4.78 is 26.6. The maximum atomic E-state index is 13.5. The largest absolute Gasteiger partial charge is 0.322 e. The Hall–Kier alpha value is -2.23. The molecule has 4 heteroatoms. The Morgan fingerprint density at radius 1 is 1.05 bits per heavy atom. The third-order valence-corrected chi connectivity index (χ3v) is 3.03. The zero-order valence-electron chi connectivity index (χ0n) is 11.3. The van der Waals surface area contributed by atoms with E-state index in [9.17, 15) is 13.6 Å².